The van der Waals surface area contributed by atoms with Crippen LogP contribution in [-0.4, -0.2) is 29.5 Å². The molecule has 1 aliphatic carbocycles. The number of rotatable bonds is 5. The van der Waals surface area contributed by atoms with E-state index in [0.29, 0.717) is 17.5 Å². The average Bonchev–Trinajstić information content (AvgIpc) is 3.02. The molecular weight excluding hydrogens is 252 g/mol. The van der Waals surface area contributed by atoms with Crippen molar-refractivity contribution in [2.24, 2.45) is 5.92 Å². The van der Waals surface area contributed by atoms with Crippen molar-refractivity contribution >= 4 is 17.7 Å². The zero-order valence-corrected chi connectivity index (χ0v) is 11.5. The summed E-state index contributed by atoms with van der Waals surface area (Å²) >= 11 is 1.62. The standard InChI is InChI=1S/C12H18N2O3S/c1-16-12(15)10(8-5-3-4-6-8)11-13-9(7-18-2)14-17-11/h8,10H,3-7H2,1-2H3. The van der Waals surface area contributed by atoms with Gasteiger partial charge in [-0.1, -0.05) is 18.0 Å². The third kappa shape index (κ3) is 2.85. The van der Waals surface area contributed by atoms with Gasteiger partial charge in [0.05, 0.1) is 12.9 Å². The molecule has 1 unspecified atom stereocenters. The fourth-order valence-electron chi connectivity index (χ4n) is 2.49. The van der Waals surface area contributed by atoms with Gasteiger partial charge in [-0.05, 0) is 25.0 Å². The van der Waals surface area contributed by atoms with Gasteiger partial charge in [-0.25, -0.2) is 0 Å². The molecule has 0 radical (unpaired) electrons. The zero-order valence-electron chi connectivity index (χ0n) is 10.7. The molecule has 5 nitrogen and oxygen atoms in total. The Kier molecular flexibility index (Phi) is 4.63. The van der Waals surface area contributed by atoms with Crippen LogP contribution in [0.3, 0.4) is 0 Å². The zero-order chi connectivity index (χ0) is 13.0. The number of methoxy groups -OCH3 is 1. The molecule has 0 bridgehead atoms. The van der Waals surface area contributed by atoms with Gasteiger partial charge in [0.15, 0.2) is 5.82 Å². The minimum absolute atomic E-state index is 0.263. The van der Waals surface area contributed by atoms with E-state index in [1.54, 1.807) is 11.8 Å². The maximum Gasteiger partial charge on any atom is 0.318 e. The van der Waals surface area contributed by atoms with Crippen LogP contribution in [0.25, 0.3) is 0 Å². The Morgan fingerprint density at radius 2 is 2.28 bits per heavy atom. The quantitative estimate of drug-likeness (QED) is 0.765. The predicted molar refractivity (Wildman–Crippen MR) is 68.2 cm³/mol. The molecule has 1 fully saturated rings. The summed E-state index contributed by atoms with van der Waals surface area (Å²) in [7, 11) is 1.41. The molecule has 0 amide bonds. The molecule has 0 N–H and O–H groups in total. The summed E-state index contributed by atoms with van der Waals surface area (Å²) in [5, 5.41) is 3.90. The van der Waals surface area contributed by atoms with Crippen molar-refractivity contribution in [1.29, 1.82) is 0 Å². The monoisotopic (exact) mass is 270 g/mol. The van der Waals surface area contributed by atoms with Gasteiger partial charge in [0.25, 0.3) is 0 Å². The van der Waals surface area contributed by atoms with Gasteiger partial charge in [-0.2, -0.15) is 16.7 Å². The minimum atomic E-state index is -0.388. The molecule has 0 spiro atoms. The van der Waals surface area contributed by atoms with Gasteiger partial charge >= 0.3 is 5.97 Å². The minimum Gasteiger partial charge on any atom is -0.468 e. The van der Waals surface area contributed by atoms with Crippen LogP contribution in [0.2, 0.25) is 0 Å². The second kappa shape index (κ2) is 6.22. The van der Waals surface area contributed by atoms with E-state index in [2.05, 4.69) is 10.1 Å². The molecular formula is C12H18N2O3S. The van der Waals surface area contributed by atoms with E-state index in [0.717, 1.165) is 25.7 Å². The molecule has 1 aromatic heterocycles. The first-order chi connectivity index (χ1) is 8.76. The number of thioether (sulfide) groups is 1. The lowest BCUT2D eigenvalue weighted by Gasteiger charge is -2.16. The van der Waals surface area contributed by atoms with Crippen molar-refractivity contribution in [3.63, 3.8) is 0 Å². The fraction of sp³-hybridized carbons (Fsp3) is 0.750. The summed E-state index contributed by atoms with van der Waals surface area (Å²) in [6, 6.07) is 0. The van der Waals surface area contributed by atoms with Crippen LogP contribution >= 0.6 is 11.8 Å². The number of carbonyl (C=O) groups excluding carboxylic acids is 1. The second-order valence-corrected chi connectivity index (χ2v) is 5.39. The van der Waals surface area contributed by atoms with Crippen molar-refractivity contribution < 1.29 is 14.1 Å². The van der Waals surface area contributed by atoms with Crippen LogP contribution in [0.5, 0.6) is 0 Å². The van der Waals surface area contributed by atoms with E-state index in [-0.39, 0.29) is 17.8 Å². The molecule has 1 aliphatic rings. The highest BCUT2D eigenvalue weighted by atomic mass is 32.2. The van der Waals surface area contributed by atoms with Gasteiger partial charge in [0.2, 0.25) is 5.89 Å². The smallest absolute Gasteiger partial charge is 0.318 e. The van der Waals surface area contributed by atoms with Crippen molar-refractivity contribution in [2.75, 3.05) is 13.4 Å². The van der Waals surface area contributed by atoms with E-state index in [1.165, 1.54) is 7.11 Å². The van der Waals surface area contributed by atoms with Crippen LogP contribution < -0.4 is 0 Å². The predicted octanol–water partition coefficient (Wildman–Crippen LogP) is 2.38. The number of aromatic nitrogens is 2. The lowest BCUT2D eigenvalue weighted by atomic mass is 9.91. The first-order valence-corrected chi connectivity index (χ1v) is 7.55. The van der Waals surface area contributed by atoms with Crippen molar-refractivity contribution in [3.05, 3.63) is 11.7 Å². The van der Waals surface area contributed by atoms with Gasteiger partial charge in [0, 0.05) is 0 Å². The number of hydrogen-bond acceptors (Lipinski definition) is 6. The summed E-state index contributed by atoms with van der Waals surface area (Å²) in [5.41, 5.74) is 0. The maximum atomic E-state index is 11.9. The topological polar surface area (TPSA) is 65.2 Å². The number of ether oxygens (including phenoxy) is 1. The Bertz CT molecular complexity index is 402. The highest BCUT2D eigenvalue weighted by molar-refractivity contribution is 7.97. The average molecular weight is 270 g/mol. The Labute approximate surface area is 111 Å². The normalized spacial score (nSPS) is 17.9. The molecule has 1 heterocycles. The van der Waals surface area contributed by atoms with Gasteiger partial charge < -0.3 is 9.26 Å². The van der Waals surface area contributed by atoms with Crippen LogP contribution in [-0.2, 0) is 15.3 Å². The van der Waals surface area contributed by atoms with Gasteiger partial charge in [-0.3, -0.25) is 4.79 Å². The number of carbonyl (C=O) groups is 1. The highest BCUT2D eigenvalue weighted by Gasteiger charge is 2.37. The number of nitrogens with zero attached hydrogens (tertiary/aromatic N) is 2. The van der Waals surface area contributed by atoms with Crippen molar-refractivity contribution in [2.45, 2.75) is 37.4 Å². The van der Waals surface area contributed by atoms with Crippen LogP contribution in [0.4, 0.5) is 0 Å². The molecule has 0 aliphatic heterocycles. The lowest BCUT2D eigenvalue weighted by molar-refractivity contribution is -0.144. The molecule has 2 rings (SSSR count). The van der Waals surface area contributed by atoms with Crippen molar-refractivity contribution in [1.82, 2.24) is 10.1 Å². The van der Waals surface area contributed by atoms with E-state index in [1.807, 2.05) is 6.26 Å². The van der Waals surface area contributed by atoms with E-state index in [4.69, 9.17) is 9.26 Å². The lowest BCUT2D eigenvalue weighted by Crippen LogP contribution is -2.21. The van der Waals surface area contributed by atoms with Crippen LogP contribution in [0.15, 0.2) is 4.52 Å². The van der Waals surface area contributed by atoms with Crippen molar-refractivity contribution in [3.8, 4) is 0 Å². The summed E-state index contributed by atoms with van der Waals surface area (Å²) in [6.07, 6.45) is 6.35. The second-order valence-electron chi connectivity index (χ2n) is 4.53. The summed E-state index contributed by atoms with van der Waals surface area (Å²) < 4.78 is 10.1. The first-order valence-electron chi connectivity index (χ1n) is 6.15. The third-order valence-electron chi connectivity index (χ3n) is 3.35. The Morgan fingerprint density at radius 1 is 1.56 bits per heavy atom. The largest absolute Gasteiger partial charge is 0.468 e. The van der Waals surface area contributed by atoms with Gasteiger partial charge in [-0.15, -0.1) is 0 Å². The summed E-state index contributed by atoms with van der Waals surface area (Å²) in [6.45, 7) is 0. The number of hydrogen-bond donors (Lipinski definition) is 0. The van der Waals surface area contributed by atoms with Crippen LogP contribution in [0, 0.1) is 5.92 Å². The third-order valence-corrected chi connectivity index (χ3v) is 3.90. The Morgan fingerprint density at radius 3 is 2.89 bits per heavy atom. The fourth-order valence-corrected chi connectivity index (χ4v) is 2.87. The maximum absolute atomic E-state index is 11.9. The molecule has 0 saturated heterocycles. The summed E-state index contributed by atoms with van der Waals surface area (Å²) in [4.78, 5) is 16.2. The molecule has 0 aromatic carbocycles. The Hall–Kier alpha value is -1.04. The van der Waals surface area contributed by atoms with E-state index in [9.17, 15) is 4.79 Å². The molecule has 1 aromatic rings. The highest BCUT2D eigenvalue weighted by Crippen LogP contribution is 2.37. The molecule has 1 saturated carbocycles. The molecule has 100 valence electrons. The van der Waals surface area contributed by atoms with E-state index < -0.39 is 0 Å². The molecule has 18 heavy (non-hydrogen) atoms. The Balaban J connectivity index is 2.18. The molecule has 1 atom stereocenters. The molecule has 6 heteroatoms. The number of esters is 1. The first kappa shape index (κ1) is 13.4. The van der Waals surface area contributed by atoms with Gasteiger partial charge in [0.1, 0.15) is 5.92 Å². The van der Waals surface area contributed by atoms with E-state index >= 15 is 0 Å². The SMILES string of the molecule is COC(=O)C(c1nc(CSC)no1)C1CCCC1. The summed E-state index contributed by atoms with van der Waals surface area (Å²) in [5.74, 6) is 1.38. The van der Waals surface area contributed by atoms with Crippen LogP contribution in [0.1, 0.15) is 43.3 Å².